The molecule has 4 nitrogen and oxygen atoms in total. The highest BCUT2D eigenvalue weighted by molar-refractivity contribution is 8.13. The van der Waals surface area contributed by atoms with Crippen LogP contribution < -0.4 is 0 Å². The van der Waals surface area contributed by atoms with Gasteiger partial charge in [-0.25, -0.2) is 8.42 Å². The zero-order valence-electron chi connectivity index (χ0n) is 12.3. The van der Waals surface area contributed by atoms with Crippen LogP contribution in [0.4, 0.5) is 0 Å². The van der Waals surface area contributed by atoms with Crippen LogP contribution in [0.1, 0.15) is 43.5 Å². The van der Waals surface area contributed by atoms with Crippen LogP contribution in [0.3, 0.4) is 0 Å². The molecule has 0 heterocycles. The van der Waals surface area contributed by atoms with Crippen molar-refractivity contribution in [2.24, 2.45) is 5.92 Å². The normalized spacial score (nSPS) is 15.2. The minimum absolute atomic E-state index is 0.105. The third-order valence-electron chi connectivity index (χ3n) is 3.58. The number of benzene rings is 1. The summed E-state index contributed by atoms with van der Waals surface area (Å²) in [5.74, 6) is 0.254. The van der Waals surface area contributed by atoms with Crippen LogP contribution in [-0.2, 0) is 9.05 Å². The highest BCUT2D eigenvalue weighted by atomic mass is 35.7. The first-order valence-corrected chi connectivity index (χ1v) is 9.46. The molecular formula is C15H20ClNO3S. The van der Waals surface area contributed by atoms with E-state index in [-0.39, 0.29) is 22.4 Å². The Labute approximate surface area is 130 Å². The minimum atomic E-state index is -3.92. The Bertz CT molecular complexity index is 624. The molecule has 2 rings (SSSR count). The number of carbonyl (C=O) groups is 1. The monoisotopic (exact) mass is 329 g/mol. The van der Waals surface area contributed by atoms with E-state index in [2.05, 4.69) is 13.8 Å². The fourth-order valence-corrected chi connectivity index (χ4v) is 3.31. The second-order valence-corrected chi connectivity index (χ2v) is 8.38. The zero-order chi connectivity index (χ0) is 15.6. The molecule has 0 spiro atoms. The van der Waals surface area contributed by atoms with Crippen LogP contribution in [0.5, 0.6) is 0 Å². The van der Waals surface area contributed by atoms with Crippen molar-refractivity contribution in [2.75, 3.05) is 6.54 Å². The first kappa shape index (κ1) is 16.3. The summed E-state index contributed by atoms with van der Waals surface area (Å²) in [7, 11) is 1.51. The van der Waals surface area contributed by atoms with Crippen molar-refractivity contribution in [1.29, 1.82) is 0 Å². The number of rotatable bonds is 6. The highest BCUT2D eigenvalue weighted by Crippen LogP contribution is 2.30. The lowest BCUT2D eigenvalue weighted by atomic mass is 10.1. The summed E-state index contributed by atoms with van der Waals surface area (Å²) < 4.78 is 23.3. The van der Waals surface area contributed by atoms with Gasteiger partial charge < -0.3 is 4.90 Å². The predicted molar refractivity (Wildman–Crippen MR) is 83.0 cm³/mol. The van der Waals surface area contributed by atoms with Crippen LogP contribution in [-0.4, -0.2) is 31.8 Å². The minimum Gasteiger partial charge on any atom is -0.336 e. The van der Waals surface area contributed by atoms with Crippen LogP contribution in [0.15, 0.2) is 29.2 Å². The average Bonchev–Trinajstić information content (AvgIpc) is 3.22. The van der Waals surface area contributed by atoms with Gasteiger partial charge in [-0.15, -0.1) is 0 Å². The van der Waals surface area contributed by atoms with Gasteiger partial charge in [-0.3, -0.25) is 4.79 Å². The van der Waals surface area contributed by atoms with E-state index in [0.717, 1.165) is 19.3 Å². The summed E-state index contributed by atoms with van der Waals surface area (Å²) in [5, 5.41) is 0. The van der Waals surface area contributed by atoms with Crippen molar-refractivity contribution < 1.29 is 13.2 Å². The van der Waals surface area contributed by atoms with Gasteiger partial charge in [0.25, 0.3) is 15.0 Å². The lowest BCUT2D eigenvalue weighted by Gasteiger charge is -2.24. The molecule has 0 N–H and O–H groups in total. The molecule has 0 bridgehead atoms. The summed E-state index contributed by atoms with van der Waals surface area (Å²) >= 11 is 0. The van der Waals surface area contributed by atoms with Crippen LogP contribution in [0.25, 0.3) is 0 Å². The van der Waals surface area contributed by atoms with E-state index in [9.17, 15) is 13.2 Å². The molecule has 0 saturated heterocycles. The summed E-state index contributed by atoms with van der Waals surface area (Å²) in [6.45, 7) is 4.86. The van der Waals surface area contributed by atoms with E-state index in [0.29, 0.717) is 12.5 Å². The second kappa shape index (κ2) is 6.36. The molecule has 6 heteroatoms. The predicted octanol–water partition coefficient (Wildman–Crippen LogP) is 3.26. The van der Waals surface area contributed by atoms with Crippen LogP contribution in [0.2, 0.25) is 0 Å². The molecule has 1 aromatic rings. The van der Waals surface area contributed by atoms with Crippen LogP contribution in [0, 0.1) is 5.92 Å². The molecule has 1 aliphatic rings. The van der Waals surface area contributed by atoms with E-state index in [1.807, 2.05) is 0 Å². The molecule has 0 atom stereocenters. The number of hydrogen-bond acceptors (Lipinski definition) is 3. The molecular weight excluding hydrogens is 310 g/mol. The molecule has 1 aliphatic carbocycles. The molecule has 116 valence electrons. The van der Waals surface area contributed by atoms with Gasteiger partial charge in [0.05, 0.1) is 10.5 Å². The van der Waals surface area contributed by atoms with E-state index < -0.39 is 9.05 Å². The van der Waals surface area contributed by atoms with E-state index >= 15 is 0 Å². The zero-order valence-corrected chi connectivity index (χ0v) is 13.8. The molecule has 0 aromatic heterocycles. The van der Waals surface area contributed by atoms with Gasteiger partial charge >= 0.3 is 0 Å². The van der Waals surface area contributed by atoms with Crippen molar-refractivity contribution in [3.63, 3.8) is 0 Å². The fraction of sp³-hybridized carbons (Fsp3) is 0.533. The highest BCUT2D eigenvalue weighted by Gasteiger charge is 2.34. The van der Waals surface area contributed by atoms with E-state index in [1.54, 1.807) is 17.0 Å². The maximum absolute atomic E-state index is 12.7. The largest absolute Gasteiger partial charge is 0.336 e. The summed E-state index contributed by atoms with van der Waals surface area (Å²) in [6, 6.07) is 6.38. The first-order chi connectivity index (χ1) is 9.80. The molecule has 1 fully saturated rings. The Morgan fingerprint density at radius 1 is 1.33 bits per heavy atom. The summed E-state index contributed by atoms with van der Waals surface area (Å²) in [6.07, 6.45) is 2.87. The molecule has 1 aromatic carbocycles. The Hall–Kier alpha value is -1.07. The maximum Gasteiger partial charge on any atom is 0.262 e. The fourth-order valence-electron chi connectivity index (χ4n) is 2.24. The standard InChI is InChI=1S/C15H20ClNO3S/c1-11(2)9-10-17(12-7-8-12)15(18)13-5-3-4-6-14(13)21(16,19)20/h3-6,11-12H,7-10H2,1-2H3. The lowest BCUT2D eigenvalue weighted by Crippen LogP contribution is -2.35. The SMILES string of the molecule is CC(C)CCN(C(=O)c1ccccc1S(=O)(=O)Cl)C1CC1. The molecule has 21 heavy (non-hydrogen) atoms. The van der Waals surface area contributed by atoms with Crippen molar-refractivity contribution in [2.45, 2.75) is 44.0 Å². The van der Waals surface area contributed by atoms with Gasteiger partial charge in [0.1, 0.15) is 0 Å². The van der Waals surface area contributed by atoms with Gasteiger partial charge in [-0.05, 0) is 37.3 Å². The third kappa shape index (κ3) is 4.20. The van der Waals surface area contributed by atoms with Gasteiger partial charge in [0.15, 0.2) is 0 Å². The molecule has 1 saturated carbocycles. The number of hydrogen-bond donors (Lipinski definition) is 0. The maximum atomic E-state index is 12.7. The summed E-state index contributed by atoms with van der Waals surface area (Å²) in [5.41, 5.74) is 0.170. The van der Waals surface area contributed by atoms with Gasteiger partial charge in [-0.2, -0.15) is 0 Å². The van der Waals surface area contributed by atoms with E-state index in [4.69, 9.17) is 10.7 Å². The van der Waals surface area contributed by atoms with Crippen molar-refractivity contribution in [3.8, 4) is 0 Å². The Morgan fingerprint density at radius 2 is 1.95 bits per heavy atom. The molecule has 0 aliphatic heterocycles. The number of nitrogens with zero attached hydrogens (tertiary/aromatic N) is 1. The number of amides is 1. The topological polar surface area (TPSA) is 54.5 Å². The molecule has 0 radical (unpaired) electrons. The summed E-state index contributed by atoms with van der Waals surface area (Å²) in [4.78, 5) is 14.4. The molecule has 1 amide bonds. The quantitative estimate of drug-likeness (QED) is 0.753. The first-order valence-electron chi connectivity index (χ1n) is 7.15. The Balaban J connectivity index is 2.29. The lowest BCUT2D eigenvalue weighted by molar-refractivity contribution is 0.0731. The van der Waals surface area contributed by atoms with E-state index in [1.165, 1.54) is 12.1 Å². The van der Waals surface area contributed by atoms with Crippen LogP contribution >= 0.6 is 10.7 Å². The van der Waals surface area contributed by atoms with Crippen molar-refractivity contribution in [3.05, 3.63) is 29.8 Å². The Kier molecular flexibility index (Phi) is 4.94. The smallest absolute Gasteiger partial charge is 0.262 e. The molecule has 0 unspecified atom stereocenters. The van der Waals surface area contributed by atoms with Gasteiger partial charge in [-0.1, -0.05) is 26.0 Å². The number of carbonyl (C=O) groups excluding carboxylic acids is 1. The van der Waals surface area contributed by atoms with Crippen molar-refractivity contribution >= 4 is 25.6 Å². The van der Waals surface area contributed by atoms with Crippen molar-refractivity contribution in [1.82, 2.24) is 4.90 Å². The second-order valence-electron chi connectivity index (χ2n) is 5.85. The van der Waals surface area contributed by atoms with Gasteiger partial charge in [0.2, 0.25) is 0 Å². The Morgan fingerprint density at radius 3 is 2.48 bits per heavy atom. The van der Waals surface area contributed by atoms with Gasteiger partial charge in [0, 0.05) is 23.3 Å². The third-order valence-corrected chi connectivity index (χ3v) is 4.96. The average molecular weight is 330 g/mol. The number of halogens is 1.